The van der Waals surface area contributed by atoms with Crippen molar-refractivity contribution in [2.24, 2.45) is 0 Å². The molecule has 0 saturated heterocycles. The van der Waals surface area contributed by atoms with Crippen molar-refractivity contribution >= 4 is 39.5 Å². The minimum atomic E-state index is 0.493. The third kappa shape index (κ3) is 3.20. The van der Waals surface area contributed by atoms with E-state index in [-0.39, 0.29) is 0 Å². The van der Waals surface area contributed by atoms with Crippen molar-refractivity contribution in [3.05, 3.63) is 36.9 Å². The molecule has 0 atom stereocenters. The van der Waals surface area contributed by atoms with Crippen LogP contribution in [-0.4, -0.2) is 37.2 Å². The van der Waals surface area contributed by atoms with Crippen LogP contribution in [0.1, 0.15) is 32.1 Å². The highest BCUT2D eigenvalue weighted by atomic mass is 32.2. The number of anilines is 1. The SMILES string of the molecule is CSc1ncc(-c2ccc3[nH]c4ncnc(NC5CCCCC5)c4c3c2)cn1. The van der Waals surface area contributed by atoms with Gasteiger partial charge in [-0.15, -0.1) is 0 Å². The maximum atomic E-state index is 4.58. The predicted octanol–water partition coefficient (Wildman–Crippen LogP) is 5.03. The third-order valence-electron chi connectivity index (χ3n) is 5.48. The number of H-pyrrole nitrogens is 1. The first kappa shape index (κ1) is 17.4. The largest absolute Gasteiger partial charge is 0.367 e. The fraction of sp³-hybridized carbons (Fsp3) is 0.333. The molecule has 3 heterocycles. The number of nitrogens with zero attached hydrogens (tertiary/aromatic N) is 4. The average molecular weight is 391 g/mol. The fourth-order valence-electron chi connectivity index (χ4n) is 4.02. The molecular weight excluding hydrogens is 368 g/mol. The summed E-state index contributed by atoms with van der Waals surface area (Å²) in [5.41, 5.74) is 4.03. The van der Waals surface area contributed by atoms with E-state index in [1.807, 2.05) is 18.6 Å². The van der Waals surface area contributed by atoms with Crippen LogP contribution in [0.15, 0.2) is 42.1 Å². The van der Waals surface area contributed by atoms with Crippen molar-refractivity contribution in [2.45, 2.75) is 43.3 Å². The lowest BCUT2D eigenvalue weighted by Gasteiger charge is -2.23. The van der Waals surface area contributed by atoms with E-state index in [9.17, 15) is 0 Å². The van der Waals surface area contributed by atoms with Gasteiger partial charge in [-0.3, -0.25) is 0 Å². The zero-order valence-corrected chi connectivity index (χ0v) is 16.6. The van der Waals surface area contributed by atoms with E-state index in [4.69, 9.17) is 0 Å². The Hall–Kier alpha value is -2.67. The van der Waals surface area contributed by atoms with Crippen molar-refractivity contribution in [3.8, 4) is 11.1 Å². The van der Waals surface area contributed by atoms with Gasteiger partial charge in [-0.2, -0.15) is 0 Å². The van der Waals surface area contributed by atoms with Crippen LogP contribution in [0.3, 0.4) is 0 Å². The lowest BCUT2D eigenvalue weighted by Crippen LogP contribution is -2.22. The number of nitrogens with one attached hydrogen (secondary N) is 2. The van der Waals surface area contributed by atoms with E-state index in [0.29, 0.717) is 6.04 Å². The average Bonchev–Trinajstić information content (AvgIpc) is 3.13. The molecule has 3 aromatic heterocycles. The monoisotopic (exact) mass is 390 g/mol. The number of thioether (sulfide) groups is 1. The van der Waals surface area contributed by atoms with Crippen LogP contribution >= 0.6 is 11.8 Å². The Morgan fingerprint density at radius 3 is 2.61 bits per heavy atom. The summed E-state index contributed by atoms with van der Waals surface area (Å²) < 4.78 is 0. The zero-order chi connectivity index (χ0) is 18.9. The van der Waals surface area contributed by atoms with Crippen LogP contribution in [0.4, 0.5) is 5.82 Å². The Morgan fingerprint density at radius 2 is 1.82 bits per heavy atom. The van der Waals surface area contributed by atoms with Crippen LogP contribution in [0.25, 0.3) is 33.1 Å². The quantitative estimate of drug-likeness (QED) is 0.376. The van der Waals surface area contributed by atoms with Gasteiger partial charge in [-0.05, 0) is 36.8 Å². The summed E-state index contributed by atoms with van der Waals surface area (Å²) >= 11 is 1.54. The minimum Gasteiger partial charge on any atom is -0.367 e. The molecule has 1 aliphatic rings. The standard InChI is InChI=1S/C21H22N6S/c1-28-21-22-10-14(11-23-21)13-7-8-17-16(9-13)18-19(24-12-25-20(18)27-17)26-15-5-3-2-4-6-15/h7-12,15H,2-6H2,1H3,(H2,24,25,26,27). The maximum Gasteiger partial charge on any atom is 0.187 e. The second-order valence-corrected chi connectivity index (χ2v) is 8.04. The first-order valence-corrected chi connectivity index (χ1v) is 10.9. The maximum absolute atomic E-state index is 4.58. The lowest BCUT2D eigenvalue weighted by molar-refractivity contribution is 0.462. The molecule has 4 aromatic rings. The molecule has 0 bridgehead atoms. The summed E-state index contributed by atoms with van der Waals surface area (Å²) in [6, 6.07) is 6.87. The molecule has 5 rings (SSSR count). The topological polar surface area (TPSA) is 79.4 Å². The Bertz CT molecular complexity index is 1120. The number of hydrogen-bond acceptors (Lipinski definition) is 6. The molecule has 0 amide bonds. The van der Waals surface area contributed by atoms with Crippen molar-refractivity contribution in [1.29, 1.82) is 0 Å². The summed E-state index contributed by atoms with van der Waals surface area (Å²) in [6.07, 6.45) is 13.7. The van der Waals surface area contributed by atoms with Gasteiger partial charge in [0.05, 0.1) is 5.39 Å². The van der Waals surface area contributed by atoms with Gasteiger partial charge in [0, 0.05) is 34.9 Å². The van der Waals surface area contributed by atoms with E-state index in [2.05, 4.69) is 48.4 Å². The number of rotatable bonds is 4. The van der Waals surface area contributed by atoms with Crippen LogP contribution in [0.5, 0.6) is 0 Å². The smallest absolute Gasteiger partial charge is 0.187 e. The van der Waals surface area contributed by atoms with Gasteiger partial charge in [0.2, 0.25) is 0 Å². The van der Waals surface area contributed by atoms with E-state index in [1.165, 1.54) is 32.1 Å². The Morgan fingerprint density at radius 1 is 1.00 bits per heavy atom. The van der Waals surface area contributed by atoms with Crippen LogP contribution in [0.2, 0.25) is 0 Å². The summed E-state index contributed by atoms with van der Waals surface area (Å²) in [5.74, 6) is 0.925. The van der Waals surface area contributed by atoms with Crippen molar-refractivity contribution in [1.82, 2.24) is 24.9 Å². The molecule has 1 fully saturated rings. The zero-order valence-electron chi connectivity index (χ0n) is 15.8. The van der Waals surface area contributed by atoms with Gasteiger partial charge in [0.1, 0.15) is 17.8 Å². The van der Waals surface area contributed by atoms with Gasteiger partial charge in [-0.1, -0.05) is 37.1 Å². The predicted molar refractivity (Wildman–Crippen MR) is 115 cm³/mol. The second-order valence-electron chi connectivity index (χ2n) is 7.27. The van der Waals surface area contributed by atoms with E-state index in [0.717, 1.165) is 44.0 Å². The van der Waals surface area contributed by atoms with Gasteiger partial charge in [0.25, 0.3) is 0 Å². The van der Waals surface area contributed by atoms with Gasteiger partial charge in [-0.25, -0.2) is 19.9 Å². The number of aromatic amines is 1. The first-order valence-electron chi connectivity index (χ1n) is 9.71. The number of benzene rings is 1. The van der Waals surface area contributed by atoms with Crippen LogP contribution in [0, 0.1) is 0 Å². The summed E-state index contributed by atoms with van der Waals surface area (Å²) in [6.45, 7) is 0. The van der Waals surface area contributed by atoms with Gasteiger partial charge >= 0.3 is 0 Å². The van der Waals surface area contributed by atoms with Crippen molar-refractivity contribution in [2.75, 3.05) is 11.6 Å². The summed E-state index contributed by atoms with van der Waals surface area (Å²) in [7, 11) is 0. The van der Waals surface area contributed by atoms with E-state index < -0.39 is 0 Å². The van der Waals surface area contributed by atoms with E-state index in [1.54, 1.807) is 18.1 Å². The molecule has 2 N–H and O–H groups in total. The molecule has 6 nitrogen and oxygen atoms in total. The number of aromatic nitrogens is 5. The molecule has 0 unspecified atom stereocenters. The Labute approximate surface area is 167 Å². The Balaban J connectivity index is 1.59. The fourth-order valence-corrected chi connectivity index (χ4v) is 4.34. The summed E-state index contributed by atoms with van der Waals surface area (Å²) in [4.78, 5) is 21.3. The number of hydrogen-bond donors (Lipinski definition) is 2. The highest BCUT2D eigenvalue weighted by Gasteiger charge is 2.17. The normalized spacial score (nSPS) is 15.3. The molecular formula is C21H22N6S. The third-order valence-corrected chi connectivity index (χ3v) is 6.06. The molecule has 1 aliphatic carbocycles. The van der Waals surface area contributed by atoms with Crippen molar-refractivity contribution in [3.63, 3.8) is 0 Å². The molecule has 7 heteroatoms. The summed E-state index contributed by atoms with van der Waals surface area (Å²) in [5, 5.41) is 6.65. The molecule has 0 radical (unpaired) electrons. The van der Waals surface area contributed by atoms with E-state index >= 15 is 0 Å². The highest BCUT2D eigenvalue weighted by molar-refractivity contribution is 7.98. The first-order chi connectivity index (χ1) is 13.8. The molecule has 0 spiro atoms. The van der Waals surface area contributed by atoms with Crippen molar-refractivity contribution < 1.29 is 0 Å². The van der Waals surface area contributed by atoms with Gasteiger partial charge < -0.3 is 10.3 Å². The molecule has 142 valence electrons. The second kappa shape index (κ2) is 7.39. The minimum absolute atomic E-state index is 0.493. The number of fused-ring (bicyclic) bond motifs is 3. The highest BCUT2D eigenvalue weighted by Crippen LogP contribution is 2.33. The lowest BCUT2D eigenvalue weighted by atomic mass is 9.95. The molecule has 0 aliphatic heterocycles. The van der Waals surface area contributed by atoms with Crippen LogP contribution in [-0.2, 0) is 0 Å². The molecule has 28 heavy (non-hydrogen) atoms. The van der Waals surface area contributed by atoms with Gasteiger partial charge in [0.15, 0.2) is 5.16 Å². The van der Waals surface area contributed by atoms with Crippen LogP contribution < -0.4 is 5.32 Å². The Kier molecular flexibility index (Phi) is 4.60. The molecule has 1 aromatic carbocycles. The molecule has 1 saturated carbocycles.